The lowest BCUT2D eigenvalue weighted by molar-refractivity contribution is -0.122. The molecule has 0 aromatic heterocycles. The van der Waals surface area contributed by atoms with Crippen LogP contribution in [-0.4, -0.2) is 34.7 Å². The largest absolute Gasteiger partial charge is 0.483 e. The van der Waals surface area contributed by atoms with Crippen molar-refractivity contribution in [3.05, 3.63) is 35.4 Å². The van der Waals surface area contributed by atoms with Crippen LogP contribution in [0.1, 0.15) is 31.9 Å². The number of hydrogen-bond acceptors (Lipinski definition) is 3. The van der Waals surface area contributed by atoms with Crippen LogP contribution in [0, 0.1) is 0 Å². The summed E-state index contributed by atoms with van der Waals surface area (Å²) in [6, 6.07) is 8.26. The van der Waals surface area contributed by atoms with Crippen molar-refractivity contribution in [2.24, 2.45) is 0 Å². The molecule has 5 nitrogen and oxygen atoms in total. The van der Waals surface area contributed by atoms with Gasteiger partial charge >= 0.3 is 6.09 Å². The highest BCUT2D eigenvalue weighted by atomic mass is 16.6. The lowest BCUT2D eigenvalue weighted by Crippen LogP contribution is -2.39. The first kappa shape index (κ1) is 16.0. The molecule has 0 bridgehead atoms. The summed E-state index contributed by atoms with van der Waals surface area (Å²) in [4.78, 5) is 22.1. The van der Waals surface area contributed by atoms with Crippen LogP contribution in [0.25, 0.3) is 0 Å². The molecule has 1 N–H and O–H groups in total. The zero-order chi connectivity index (χ0) is 15.2. The fourth-order valence-corrected chi connectivity index (χ4v) is 1.98. The second-order valence-electron chi connectivity index (χ2n) is 5.53. The number of carboxylic acid groups (broad SMARTS) is 1. The highest BCUT2D eigenvalue weighted by molar-refractivity contribution is 5.68. The van der Waals surface area contributed by atoms with Crippen molar-refractivity contribution in [3.8, 4) is 0 Å². The molecule has 1 aliphatic rings. The predicted octanol–water partition coefficient (Wildman–Crippen LogP) is 2.68. The predicted molar refractivity (Wildman–Crippen MR) is 75.5 cm³/mol. The monoisotopic (exact) mass is 279 g/mol. The summed E-state index contributed by atoms with van der Waals surface area (Å²) >= 11 is 0. The molecule has 0 spiro atoms. The number of hydrogen-bond donors (Lipinski definition) is 1. The van der Waals surface area contributed by atoms with Crippen LogP contribution in [0.5, 0.6) is 0 Å². The van der Waals surface area contributed by atoms with E-state index >= 15 is 0 Å². The number of amides is 1. The van der Waals surface area contributed by atoms with Crippen LogP contribution >= 0.6 is 0 Å². The van der Waals surface area contributed by atoms with Crippen molar-refractivity contribution in [2.75, 3.05) is 6.54 Å². The maximum atomic E-state index is 11.9. The van der Waals surface area contributed by atoms with Crippen molar-refractivity contribution in [3.63, 3.8) is 0 Å². The molecule has 2 rings (SSSR count). The average Bonchev–Trinajstić information content (AvgIpc) is 2.37. The highest BCUT2D eigenvalue weighted by Crippen LogP contribution is 2.20. The summed E-state index contributed by atoms with van der Waals surface area (Å²) in [6.07, 6.45) is 0.696. The van der Waals surface area contributed by atoms with Crippen LogP contribution in [0.4, 0.5) is 4.79 Å². The van der Waals surface area contributed by atoms with Crippen LogP contribution in [0.15, 0.2) is 24.3 Å². The lowest BCUT2D eigenvalue weighted by atomic mass is 10.0. The molecule has 0 fully saturated rings. The molecule has 0 saturated carbocycles. The molecule has 0 unspecified atom stereocenters. The normalized spacial score (nSPS) is 13.7. The summed E-state index contributed by atoms with van der Waals surface area (Å²) in [6.45, 7) is 6.82. The summed E-state index contributed by atoms with van der Waals surface area (Å²) in [5.41, 5.74) is 2.14. The van der Waals surface area contributed by atoms with E-state index in [4.69, 9.17) is 14.6 Å². The van der Waals surface area contributed by atoms with Gasteiger partial charge in [0.1, 0.15) is 5.60 Å². The molecule has 1 heterocycles. The van der Waals surface area contributed by atoms with E-state index in [0.29, 0.717) is 6.54 Å². The molecule has 1 amide bonds. The van der Waals surface area contributed by atoms with Gasteiger partial charge in [-0.3, -0.25) is 4.79 Å². The van der Waals surface area contributed by atoms with Crippen LogP contribution in [-0.2, 0) is 22.5 Å². The van der Waals surface area contributed by atoms with E-state index in [1.54, 1.807) is 4.90 Å². The Balaban J connectivity index is 0.000000612. The lowest BCUT2D eigenvalue weighted by Gasteiger charge is -2.31. The van der Waals surface area contributed by atoms with Gasteiger partial charge < -0.3 is 14.7 Å². The molecular weight excluding hydrogens is 258 g/mol. The van der Waals surface area contributed by atoms with Crippen molar-refractivity contribution < 1.29 is 19.4 Å². The number of nitrogens with zero attached hydrogens (tertiary/aromatic N) is 1. The zero-order valence-electron chi connectivity index (χ0n) is 12.1. The third kappa shape index (κ3) is 4.91. The van der Waals surface area contributed by atoms with Crippen molar-refractivity contribution in [1.82, 2.24) is 4.90 Å². The molecule has 5 heteroatoms. The van der Waals surface area contributed by atoms with Gasteiger partial charge in [0.2, 0.25) is 0 Å². The van der Waals surface area contributed by atoms with Gasteiger partial charge in [0.15, 0.2) is 0 Å². The Bertz CT molecular complexity index is 465. The van der Waals surface area contributed by atoms with Gasteiger partial charge in [-0.1, -0.05) is 24.3 Å². The summed E-state index contributed by atoms with van der Waals surface area (Å²) in [7, 11) is 0. The topological polar surface area (TPSA) is 66.8 Å². The molecule has 0 atom stereocenters. The molecule has 1 aromatic rings. The summed E-state index contributed by atoms with van der Waals surface area (Å²) < 4.78 is 5.38. The second kappa shape index (κ2) is 6.93. The van der Waals surface area contributed by atoms with E-state index in [9.17, 15) is 4.79 Å². The van der Waals surface area contributed by atoms with Gasteiger partial charge in [0, 0.05) is 13.1 Å². The van der Waals surface area contributed by atoms with Gasteiger partial charge in [-0.2, -0.15) is 0 Å². The van der Waals surface area contributed by atoms with Crippen LogP contribution < -0.4 is 0 Å². The Morgan fingerprint density at radius 2 is 1.85 bits per heavy atom. The van der Waals surface area contributed by atoms with E-state index in [0.717, 1.165) is 13.0 Å². The third-order valence-electron chi connectivity index (χ3n) is 2.78. The molecule has 1 aromatic carbocycles. The minimum absolute atomic E-state index is 0.216. The summed E-state index contributed by atoms with van der Waals surface area (Å²) in [5, 5.41) is 6.89. The van der Waals surface area contributed by atoms with E-state index in [-0.39, 0.29) is 12.6 Å². The molecular formula is C15H21NO4. The highest BCUT2D eigenvalue weighted by Gasteiger charge is 2.25. The average molecular weight is 279 g/mol. The summed E-state index contributed by atoms with van der Waals surface area (Å²) in [5.74, 6) is 0. The molecule has 1 aliphatic heterocycles. The van der Waals surface area contributed by atoms with E-state index in [1.807, 2.05) is 32.9 Å². The Labute approximate surface area is 119 Å². The fraction of sp³-hybridized carbons (Fsp3) is 0.467. The number of fused-ring (bicyclic) bond motifs is 1. The van der Waals surface area contributed by atoms with Gasteiger partial charge in [-0.25, -0.2) is 4.79 Å². The standard InChI is InChI=1S/C14H19NO2.CH2O2/c1-14(2,3)17-13(16)15-9-8-11-6-4-5-7-12(11)10-15;2-1-3/h4-7H,8-10H2,1-3H3;1H,(H,2,3). The van der Waals surface area contributed by atoms with Gasteiger partial charge in [0.05, 0.1) is 0 Å². The van der Waals surface area contributed by atoms with Crippen LogP contribution in [0.2, 0.25) is 0 Å². The quantitative estimate of drug-likeness (QED) is 0.741. The first-order valence-electron chi connectivity index (χ1n) is 6.50. The molecule has 110 valence electrons. The molecule has 0 radical (unpaired) electrons. The third-order valence-corrected chi connectivity index (χ3v) is 2.78. The molecule has 0 saturated heterocycles. The van der Waals surface area contributed by atoms with E-state index in [1.165, 1.54) is 11.1 Å². The Hall–Kier alpha value is -2.04. The van der Waals surface area contributed by atoms with Crippen molar-refractivity contribution >= 4 is 12.6 Å². The van der Waals surface area contributed by atoms with E-state index < -0.39 is 5.60 Å². The van der Waals surface area contributed by atoms with Gasteiger partial charge in [0.25, 0.3) is 6.47 Å². The maximum Gasteiger partial charge on any atom is 0.410 e. The number of carbonyl (C=O) groups is 2. The van der Waals surface area contributed by atoms with Crippen molar-refractivity contribution in [2.45, 2.75) is 39.3 Å². The van der Waals surface area contributed by atoms with Gasteiger partial charge in [-0.05, 0) is 38.3 Å². The second-order valence-corrected chi connectivity index (χ2v) is 5.53. The first-order valence-corrected chi connectivity index (χ1v) is 6.50. The maximum absolute atomic E-state index is 11.9. The van der Waals surface area contributed by atoms with Crippen molar-refractivity contribution in [1.29, 1.82) is 0 Å². The smallest absolute Gasteiger partial charge is 0.410 e. The SMILES string of the molecule is CC(C)(C)OC(=O)N1CCc2ccccc2C1.O=CO. The Morgan fingerprint density at radius 3 is 2.40 bits per heavy atom. The minimum Gasteiger partial charge on any atom is -0.483 e. The minimum atomic E-state index is -0.423. The molecule has 20 heavy (non-hydrogen) atoms. The van der Waals surface area contributed by atoms with Crippen LogP contribution in [0.3, 0.4) is 0 Å². The number of benzene rings is 1. The zero-order valence-corrected chi connectivity index (χ0v) is 12.1. The fourth-order valence-electron chi connectivity index (χ4n) is 1.98. The number of ether oxygens (including phenoxy) is 1. The van der Waals surface area contributed by atoms with Gasteiger partial charge in [-0.15, -0.1) is 0 Å². The van der Waals surface area contributed by atoms with E-state index in [2.05, 4.69) is 12.1 Å². The number of rotatable bonds is 0. The Kier molecular flexibility index (Phi) is 5.55. The first-order chi connectivity index (χ1) is 9.37. The number of carbonyl (C=O) groups excluding carboxylic acids is 1. The Morgan fingerprint density at radius 1 is 1.30 bits per heavy atom. The molecule has 0 aliphatic carbocycles.